The number of rotatable bonds is 6. The minimum atomic E-state index is -4.87. The van der Waals surface area contributed by atoms with Crippen LogP contribution in [0.2, 0.25) is 0 Å². The molecule has 14 heteroatoms. The van der Waals surface area contributed by atoms with Crippen LogP contribution in [0.1, 0.15) is 31.2 Å². The molecule has 0 saturated heterocycles. The van der Waals surface area contributed by atoms with Gasteiger partial charge in [-0.15, -0.1) is 0 Å². The zero-order valence-corrected chi connectivity index (χ0v) is 21.1. The van der Waals surface area contributed by atoms with E-state index in [1.807, 2.05) is 0 Å². The average molecular weight is 562 g/mol. The molecule has 1 aliphatic carbocycles. The summed E-state index contributed by atoms with van der Waals surface area (Å²) >= 11 is 0. The highest BCUT2D eigenvalue weighted by molar-refractivity contribution is 5.86. The van der Waals surface area contributed by atoms with E-state index in [-0.39, 0.29) is 29.2 Å². The predicted octanol–water partition coefficient (Wildman–Crippen LogP) is 4.52. The van der Waals surface area contributed by atoms with Crippen LogP contribution in [0.4, 0.5) is 27.6 Å². The minimum Gasteiger partial charge on any atom is -0.494 e. The first-order valence-corrected chi connectivity index (χ1v) is 12.4. The summed E-state index contributed by atoms with van der Waals surface area (Å²) in [5.74, 6) is -2.47. The van der Waals surface area contributed by atoms with Crippen LogP contribution in [0.25, 0.3) is 22.2 Å². The van der Waals surface area contributed by atoms with Crippen LogP contribution in [-0.4, -0.2) is 37.9 Å². The molecule has 210 valence electrons. The van der Waals surface area contributed by atoms with Crippen LogP contribution >= 0.6 is 0 Å². The Bertz CT molecular complexity index is 1670. The van der Waals surface area contributed by atoms with Crippen molar-refractivity contribution in [1.29, 1.82) is 0 Å². The number of methoxy groups -OCH3 is 1. The number of hydrogen-bond acceptors (Lipinski definition) is 7. The predicted molar refractivity (Wildman–Crippen MR) is 135 cm³/mol. The summed E-state index contributed by atoms with van der Waals surface area (Å²) in [6.45, 7) is 0.150. The molecule has 40 heavy (non-hydrogen) atoms. The van der Waals surface area contributed by atoms with Gasteiger partial charge < -0.3 is 14.6 Å². The molecule has 0 amide bonds. The summed E-state index contributed by atoms with van der Waals surface area (Å²) in [4.78, 5) is 32.9. The van der Waals surface area contributed by atoms with Crippen molar-refractivity contribution in [2.75, 3.05) is 12.4 Å². The van der Waals surface area contributed by atoms with Gasteiger partial charge in [0.2, 0.25) is 0 Å². The molecule has 1 aliphatic rings. The van der Waals surface area contributed by atoms with Gasteiger partial charge in [0, 0.05) is 18.8 Å². The van der Waals surface area contributed by atoms with Gasteiger partial charge in [-0.1, -0.05) is 6.42 Å². The molecule has 1 saturated carbocycles. The summed E-state index contributed by atoms with van der Waals surface area (Å²) in [5.41, 5.74) is -4.06. The van der Waals surface area contributed by atoms with Gasteiger partial charge in [0.15, 0.2) is 23.2 Å². The Morgan fingerprint density at radius 3 is 2.58 bits per heavy atom. The number of aromatic amines is 1. The van der Waals surface area contributed by atoms with Crippen molar-refractivity contribution in [3.63, 3.8) is 0 Å². The lowest BCUT2D eigenvalue weighted by molar-refractivity contribution is -0.138. The highest BCUT2D eigenvalue weighted by atomic mass is 19.4. The van der Waals surface area contributed by atoms with Crippen LogP contribution in [-0.2, 0) is 12.7 Å². The molecule has 3 aromatic heterocycles. The molecule has 1 unspecified atom stereocenters. The Kier molecular flexibility index (Phi) is 7.25. The van der Waals surface area contributed by atoms with Gasteiger partial charge in [-0.25, -0.2) is 23.8 Å². The lowest BCUT2D eigenvalue weighted by Gasteiger charge is -2.31. The Balaban J connectivity index is 1.39. The highest BCUT2D eigenvalue weighted by Crippen LogP contribution is 2.34. The van der Waals surface area contributed by atoms with Gasteiger partial charge >= 0.3 is 6.18 Å². The molecule has 2 N–H and O–H groups in total. The molecule has 5 rings (SSSR count). The fourth-order valence-corrected chi connectivity index (χ4v) is 5.12. The van der Waals surface area contributed by atoms with Crippen molar-refractivity contribution < 1.29 is 26.7 Å². The van der Waals surface area contributed by atoms with E-state index in [0.717, 1.165) is 6.20 Å². The van der Waals surface area contributed by atoms with Crippen molar-refractivity contribution in [1.82, 2.24) is 24.7 Å². The molecule has 4 aromatic rings. The molecular formula is C26H23F5N6O3. The summed E-state index contributed by atoms with van der Waals surface area (Å²) in [6.07, 6.45) is 2.40. The standard InChI is InChI=1S/C26H23F5N6O3/c1-40-16-9-32-23(33-10-16)17-8-14-5-6-37(25(39)19(14)22(28)21(17)27)12-13-3-2-4-15(7-13)35-18-11-34-36-24(38)20(18)26(29,30)31/h5-6,8-11,13,15H,2-4,7,12H2,1H3,(H2,35,36,38)/t13?,15-/m0/s1. The molecule has 0 bridgehead atoms. The molecule has 2 atom stereocenters. The van der Waals surface area contributed by atoms with E-state index in [4.69, 9.17) is 4.74 Å². The zero-order chi connectivity index (χ0) is 28.6. The van der Waals surface area contributed by atoms with Crippen LogP contribution in [0.3, 0.4) is 0 Å². The van der Waals surface area contributed by atoms with E-state index in [9.17, 15) is 22.8 Å². The maximum absolute atomic E-state index is 15.2. The average Bonchev–Trinajstić information content (AvgIpc) is 2.91. The Hall–Kier alpha value is -4.36. The van der Waals surface area contributed by atoms with Gasteiger partial charge in [-0.2, -0.15) is 18.3 Å². The SMILES string of the molecule is COc1cnc(-c2cc3ccn(CC4CCC[C@H](Nc5cn[nH]c(=O)c5C(F)(F)F)C4)c(=O)c3c(F)c2F)nc1. The van der Waals surface area contributed by atoms with Gasteiger partial charge in [0.05, 0.1) is 42.3 Å². The number of hydrogen-bond donors (Lipinski definition) is 2. The van der Waals surface area contributed by atoms with E-state index in [1.54, 1.807) is 5.10 Å². The van der Waals surface area contributed by atoms with Gasteiger partial charge in [-0.3, -0.25) is 9.59 Å². The first-order valence-electron chi connectivity index (χ1n) is 12.4. The van der Waals surface area contributed by atoms with Crippen LogP contribution < -0.4 is 21.2 Å². The number of nitrogens with zero attached hydrogens (tertiary/aromatic N) is 4. The number of halogens is 5. The van der Waals surface area contributed by atoms with Crippen LogP contribution in [0, 0.1) is 17.6 Å². The third-order valence-electron chi connectivity index (χ3n) is 6.99. The Morgan fingerprint density at radius 2 is 1.88 bits per heavy atom. The monoisotopic (exact) mass is 562 g/mol. The van der Waals surface area contributed by atoms with E-state index < -0.39 is 51.6 Å². The number of pyridine rings is 1. The molecule has 0 radical (unpaired) electrons. The lowest BCUT2D eigenvalue weighted by Crippen LogP contribution is -2.33. The number of benzene rings is 1. The van der Waals surface area contributed by atoms with Crippen molar-refractivity contribution in [3.8, 4) is 17.1 Å². The number of nitrogens with one attached hydrogen (secondary N) is 2. The minimum absolute atomic E-state index is 0.0756. The normalized spacial score (nSPS) is 17.6. The Morgan fingerprint density at radius 1 is 1.12 bits per heavy atom. The van der Waals surface area contributed by atoms with Crippen LogP contribution in [0.5, 0.6) is 5.75 Å². The fraction of sp³-hybridized carbons (Fsp3) is 0.346. The largest absolute Gasteiger partial charge is 0.494 e. The molecule has 1 aromatic carbocycles. The van der Waals surface area contributed by atoms with Gasteiger partial charge in [0.1, 0.15) is 5.56 Å². The molecule has 1 fully saturated rings. The van der Waals surface area contributed by atoms with E-state index in [0.29, 0.717) is 31.4 Å². The van der Waals surface area contributed by atoms with Crippen molar-refractivity contribution in [2.45, 2.75) is 44.4 Å². The number of aromatic nitrogens is 5. The maximum Gasteiger partial charge on any atom is 0.423 e. The molecule has 0 spiro atoms. The number of fused-ring (bicyclic) bond motifs is 1. The number of alkyl halides is 3. The van der Waals surface area contributed by atoms with Gasteiger partial charge in [0.25, 0.3) is 11.1 Å². The summed E-state index contributed by atoms with van der Waals surface area (Å²) in [6, 6.07) is 2.37. The van der Waals surface area contributed by atoms with E-state index in [2.05, 4.69) is 20.4 Å². The second kappa shape index (κ2) is 10.7. The molecule has 9 nitrogen and oxygen atoms in total. The molecule has 3 heterocycles. The second-order valence-corrected chi connectivity index (χ2v) is 9.60. The highest BCUT2D eigenvalue weighted by Gasteiger charge is 2.38. The Labute approximate surface area is 223 Å². The first kappa shape index (κ1) is 27.2. The quantitative estimate of drug-likeness (QED) is 0.332. The third-order valence-corrected chi connectivity index (χ3v) is 6.99. The fourth-order valence-electron chi connectivity index (χ4n) is 5.12. The molecule has 0 aliphatic heterocycles. The number of H-pyrrole nitrogens is 1. The summed E-state index contributed by atoms with van der Waals surface area (Å²) in [7, 11) is 1.41. The number of ether oxygens (including phenoxy) is 1. The van der Waals surface area contributed by atoms with Crippen molar-refractivity contribution in [2.24, 2.45) is 5.92 Å². The third kappa shape index (κ3) is 5.25. The van der Waals surface area contributed by atoms with Crippen molar-refractivity contribution in [3.05, 3.63) is 74.8 Å². The zero-order valence-electron chi connectivity index (χ0n) is 21.1. The maximum atomic E-state index is 15.2. The topological polar surface area (TPSA) is 115 Å². The smallest absolute Gasteiger partial charge is 0.423 e. The lowest BCUT2D eigenvalue weighted by atomic mass is 9.85. The summed E-state index contributed by atoms with van der Waals surface area (Å²) < 4.78 is 76.7. The summed E-state index contributed by atoms with van der Waals surface area (Å²) in [5, 5.41) is 7.80. The van der Waals surface area contributed by atoms with E-state index >= 15 is 8.78 Å². The van der Waals surface area contributed by atoms with Gasteiger partial charge in [-0.05, 0) is 42.7 Å². The second-order valence-electron chi connectivity index (χ2n) is 9.60. The first-order chi connectivity index (χ1) is 19.1. The van der Waals surface area contributed by atoms with E-state index in [1.165, 1.54) is 42.4 Å². The van der Waals surface area contributed by atoms with Crippen LogP contribution in [0.15, 0.2) is 46.5 Å². The number of anilines is 1. The molecular weight excluding hydrogens is 539 g/mol. The van der Waals surface area contributed by atoms with Crippen molar-refractivity contribution >= 4 is 16.5 Å².